The number of rotatable bonds is 8. The van der Waals surface area contributed by atoms with E-state index in [-0.39, 0.29) is 0 Å². The van der Waals surface area contributed by atoms with Gasteiger partial charge in [0.2, 0.25) is 0 Å². The van der Waals surface area contributed by atoms with Crippen LogP contribution in [0, 0.1) is 11.8 Å². The van der Waals surface area contributed by atoms with Crippen molar-refractivity contribution in [1.29, 1.82) is 0 Å². The molecule has 0 aromatic heterocycles. The molecule has 1 aromatic carbocycles. The summed E-state index contributed by atoms with van der Waals surface area (Å²) in [6.07, 6.45) is 6.83. The van der Waals surface area contributed by atoms with E-state index < -0.39 is 0 Å². The van der Waals surface area contributed by atoms with Crippen molar-refractivity contribution in [1.82, 2.24) is 5.32 Å². The van der Waals surface area contributed by atoms with Crippen molar-refractivity contribution in [2.45, 2.75) is 51.6 Å². The molecule has 0 unspecified atom stereocenters. The summed E-state index contributed by atoms with van der Waals surface area (Å²) in [5, 5.41) is 3.78. The SMILES string of the molecule is CCCOc1ccc(CNC(C2CC2)C2CC2)cc1. The molecule has 2 saturated carbocycles. The molecule has 2 fully saturated rings. The molecule has 1 N–H and O–H groups in total. The summed E-state index contributed by atoms with van der Waals surface area (Å²) in [7, 11) is 0. The van der Waals surface area contributed by atoms with Gasteiger partial charge in [0.1, 0.15) is 5.75 Å². The molecule has 2 nitrogen and oxygen atoms in total. The van der Waals surface area contributed by atoms with Gasteiger partial charge in [0.05, 0.1) is 6.61 Å². The van der Waals surface area contributed by atoms with Gasteiger partial charge in [-0.2, -0.15) is 0 Å². The fourth-order valence-corrected chi connectivity index (χ4v) is 2.79. The lowest BCUT2D eigenvalue weighted by Gasteiger charge is -2.17. The van der Waals surface area contributed by atoms with Crippen LogP contribution in [0.3, 0.4) is 0 Å². The fraction of sp³-hybridized carbons (Fsp3) is 0.647. The van der Waals surface area contributed by atoms with Crippen LogP contribution in [0.5, 0.6) is 5.75 Å². The molecule has 0 bridgehead atoms. The maximum Gasteiger partial charge on any atom is 0.119 e. The Kier molecular flexibility index (Phi) is 4.07. The molecule has 0 atom stereocenters. The summed E-state index contributed by atoms with van der Waals surface area (Å²) in [5.74, 6) is 2.94. The van der Waals surface area contributed by atoms with Crippen LogP contribution in [0.4, 0.5) is 0 Å². The second-order valence-corrected chi connectivity index (χ2v) is 6.07. The number of hydrogen-bond acceptors (Lipinski definition) is 2. The highest BCUT2D eigenvalue weighted by Crippen LogP contribution is 2.44. The Labute approximate surface area is 116 Å². The molecule has 1 aromatic rings. The van der Waals surface area contributed by atoms with E-state index in [4.69, 9.17) is 4.74 Å². The van der Waals surface area contributed by atoms with Crippen molar-refractivity contribution < 1.29 is 4.74 Å². The Hall–Kier alpha value is -1.02. The van der Waals surface area contributed by atoms with Gasteiger partial charge < -0.3 is 10.1 Å². The largest absolute Gasteiger partial charge is 0.494 e. The van der Waals surface area contributed by atoms with Gasteiger partial charge in [0.25, 0.3) is 0 Å². The minimum absolute atomic E-state index is 0.788. The molecule has 19 heavy (non-hydrogen) atoms. The number of benzene rings is 1. The zero-order chi connectivity index (χ0) is 13.1. The maximum atomic E-state index is 5.61. The summed E-state index contributed by atoms with van der Waals surface area (Å²) in [6, 6.07) is 9.35. The van der Waals surface area contributed by atoms with E-state index in [9.17, 15) is 0 Å². The van der Waals surface area contributed by atoms with Gasteiger partial charge >= 0.3 is 0 Å². The van der Waals surface area contributed by atoms with Crippen molar-refractivity contribution >= 4 is 0 Å². The standard InChI is InChI=1S/C17H25NO/c1-2-11-19-16-9-3-13(4-10-16)12-18-17(14-5-6-14)15-7-8-15/h3-4,9-10,14-15,17-18H,2,5-8,11-12H2,1H3. The van der Waals surface area contributed by atoms with Crippen LogP contribution in [0.25, 0.3) is 0 Å². The number of hydrogen-bond donors (Lipinski definition) is 1. The lowest BCUT2D eigenvalue weighted by atomic mass is 10.1. The third kappa shape index (κ3) is 3.73. The average molecular weight is 259 g/mol. The minimum Gasteiger partial charge on any atom is -0.494 e. The molecule has 0 aliphatic heterocycles. The second-order valence-electron chi connectivity index (χ2n) is 6.07. The highest BCUT2D eigenvalue weighted by atomic mass is 16.5. The van der Waals surface area contributed by atoms with E-state index >= 15 is 0 Å². The van der Waals surface area contributed by atoms with E-state index in [1.165, 1.54) is 31.2 Å². The molecule has 0 radical (unpaired) electrons. The topological polar surface area (TPSA) is 21.3 Å². The van der Waals surface area contributed by atoms with Gasteiger partial charge in [-0.1, -0.05) is 19.1 Å². The number of nitrogens with one attached hydrogen (secondary N) is 1. The van der Waals surface area contributed by atoms with Crippen LogP contribution in [0.15, 0.2) is 24.3 Å². The molecule has 0 spiro atoms. The molecular formula is C17H25NO. The minimum atomic E-state index is 0.788. The van der Waals surface area contributed by atoms with E-state index in [0.717, 1.165) is 43.2 Å². The molecule has 2 heteroatoms. The van der Waals surface area contributed by atoms with Gasteiger partial charge in [0.15, 0.2) is 0 Å². The van der Waals surface area contributed by atoms with E-state index in [0.29, 0.717) is 0 Å². The zero-order valence-corrected chi connectivity index (χ0v) is 11.9. The van der Waals surface area contributed by atoms with Crippen LogP contribution in [0.1, 0.15) is 44.6 Å². The van der Waals surface area contributed by atoms with Gasteiger partial charge in [-0.15, -0.1) is 0 Å². The third-order valence-corrected chi connectivity index (χ3v) is 4.20. The lowest BCUT2D eigenvalue weighted by molar-refractivity contribution is 0.317. The first-order valence-corrected chi connectivity index (χ1v) is 7.82. The Morgan fingerprint density at radius 1 is 1.11 bits per heavy atom. The van der Waals surface area contributed by atoms with E-state index in [1.807, 2.05) is 0 Å². The van der Waals surface area contributed by atoms with Crippen LogP contribution < -0.4 is 10.1 Å². The summed E-state index contributed by atoms with van der Waals surface area (Å²) in [4.78, 5) is 0. The second kappa shape index (κ2) is 5.96. The fourth-order valence-electron chi connectivity index (χ4n) is 2.79. The van der Waals surface area contributed by atoms with Crippen LogP contribution in [-0.4, -0.2) is 12.6 Å². The van der Waals surface area contributed by atoms with Crippen molar-refractivity contribution in [2.75, 3.05) is 6.61 Å². The highest BCUT2D eigenvalue weighted by Gasteiger charge is 2.40. The number of ether oxygens (including phenoxy) is 1. The van der Waals surface area contributed by atoms with Crippen molar-refractivity contribution in [3.05, 3.63) is 29.8 Å². The highest BCUT2D eigenvalue weighted by molar-refractivity contribution is 5.27. The predicted octanol–water partition coefficient (Wildman–Crippen LogP) is 3.75. The van der Waals surface area contributed by atoms with Gasteiger partial charge in [0, 0.05) is 12.6 Å². The lowest BCUT2D eigenvalue weighted by Crippen LogP contribution is -2.32. The maximum absolute atomic E-state index is 5.61. The molecule has 0 saturated heterocycles. The molecule has 0 amide bonds. The van der Waals surface area contributed by atoms with Gasteiger partial charge in [-0.05, 0) is 61.6 Å². The predicted molar refractivity (Wildman–Crippen MR) is 78.3 cm³/mol. The molecule has 0 heterocycles. The first-order valence-electron chi connectivity index (χ1n) is 7.82. The summed E-state index contributed by atoms with van der Waals surface area (Å²) < 4.78 is 5.61. The molecule has 104 valence electrons. The van der Waals surface area contributed by atoms with Crippen molar-refractivity contribution in [3.8, 4) is 5.75 Å². The van der Waals surface area contributed by atoms with Crippen molar-refractivity contribution in [2.24, 2.45) is 11.8 Å². The molecular weight excluding hydrogens is 234 g/mol. The van der Waals surface area contributed by atoms with Crippen LogP contribution in [-0.2, 0) is 6.54 Å². The summed E-state index contributed by atoms with van der Waals surface area (Å²) in [5.41, 5.74) is 1.37. The summed E-state index contributed by atoms with van der Waals surface area (Å²) in [6.45, 7) is 3.95. The van der Waals surface area contributed by atoms with E-state index in [2.05, 4.69) is 36.5 Å². The Balaban J connectivity index is 1.48. The first-order chi connectivity index (χ1) is 9.36. The van der Waals surface area contributed by atoms with Crippen LogP contribution in [0.2, 0.25) is 0 Å². The third-order valence-electron chi connectivity index (χ3n) is 4.20. The van der Waals surface area contributed by atoms with Gasteiger partial charge in [-0.3, -0.25) is 0 Å². The van der Waals surface area contributed by atoms with E-state index in [1.54, 1.807) is 0 Å². The smallest absolute Gasteiger partial charge is 0.119 e. The van der Waals surface area contributed by atoms with Gasteiger partial charge in [-0.25, -0.2) is 0 Å². The average Bonchev–Trinajstić information content (AvgIpc) is 3.30. The molecule has 3 rings (SSSR count). The quantitative estimate of drug-likeness (QED) is 0.767. The Morgan fingerprint density at radius 2 is 1.74 bits per heavy atom. The monoisotopic (exact) mass is 259 g/mol. The Bertz CT molecular complexity index is 380. The Morgan fingerprint density at radius 3 is 2.26 bits per heavy atom. The molecule has 2 aliphatic rings. The van der Waals surface area contributed by atoms with Crippen molar-refractivity contribution in [3.63, 3.8) is 0 Å². The molecule has 2 aliphatic carbocycles. The normalized spacial score (nSPS) is 18.8. The summed E-state index contributed by atoms with van der Waals surface area (Å²) >= 11 is 0. The zero-order valence-electron chi connectivity index (χ0n) is 11.9. The first kappa shape index (κ1) is 13.0. The van der Waals surface area contributed by atoms with Crippen LogP contribution >= 0.6 is 0 Å².